The van der Waals surface area contributed by atoms with E-state index in [1.807, 2.05) is 0 Å². The van der Waals surface area contributed by atoms with Gasteiger partial charge in [0, 0.05) is 10.1 Å². The van der Waals surface area contributed by atoms with Gasteiger partial charge in [0.2, 0.25) is 0 Å². The zero-order chi connectivity index (χ0) is 7.40. The van der Waals surface area contributed by atoms with Crippen LogP contribution in [0.25, 0.3) is 0 Å². The van der Waals surface area contributed by atoms with Crippen molar-refractivity contribution in [3.8, 4) is 0 Å². The van der Waals surface area contributed by atoms with Gasteiger partial charge in [-0.05, 0) is 25.7 Å². The summed E-state index contributed by atoms with van der Waals surface area (Å²) in [4.78, 5) is 0. The molecular formula is C8H10Cl2. The summed E-state index contributed by atoms with van der Waals surface area (Å²) in [5, 5.41) is 1.90. The SMILES string of the molecule is Cl/C1=C/CC/C=C(/Cl)CC1. The Morgan fingerprint density at radius 3 is 1.70 bits per heavy atom. The van der Waals surface area contributed by atoms with E-state index in [2.05, 4.69) is 12.2 Å². The summed E-state index contributed by atoms with van der Waals surface area (Å²) in [6.07, 6.45) is 7.99. The Morgan fingerprint density at radius 2 is 1.30 bits per heavy atom. The maximum Gasteiger partial charge on any atom is 0.0144 e. The van der Waals surface area contributed by atoms with Gasteiger partial charge in [-0.15, -0.1) is 0 Å². The monoisotopic (exact) mass is 176 g/mol. The Bertz CT molecular complexity index is 148. The molecule has 1 aliphatic rings. The summed E-state index contributed by atoms with van der Waals surface area (Å²) in [7, 11) is 0. The van der Waals surface area contributed by atoms with Gasteiger partial charge in [-0.1, -0.05) is 35.4 Å². The molecule has 10 heavy (non-hydrogen) atoms. The molecule has 0 aromatic carbocycles. The van der Waals surface area contributed by atoms with E-state index in [9.17, 15) is 0 Å². The molecule has 0 aliphatic heterocycles. The van der Waals surface area contributed by atoms with E-state index in [0.717, 1.165) is 35.7 Å². The van der Waals surface area contributed by atoms with Crippen molar-refractivity contribution >= 4 is 23.2 Å². The van der Waals surface area contributed by atoms with E-state index in [0.29, 0.717) is 0 Å². The molecule has 0 aromatic heterocycles. The van der Waals surface area contributed by atoms with E-state index < -0.39 is 0 Å². The zero-order valence-corrected chi connectivity index (χ0v) is 7.25. The highest BCUT2D eigenvalue weighted by Gasteiger charge is 1.99. The molecule has 0 bridgehead atoms. The van der Waals surface area contributed by atoms with E-state index in [4.69, 9.17) is 23.2 Å². The predicted molar refractivity (Wildman–Crippen MR) is 46.3 cm³/mol. The second-order valence-corrected chi connectivity index (χ2v) is 3.35. The number of rotatable bonds is 0. The van der Waals surface area contributed by atoms with Crippen LogP contribution in [0.2, 0.25) is 0 Å². The van der Waals surface area contributed by atoms with E-state index >= 15 is 0 Å². The van der Waals surface area contributed by atoms with Gasteiger partial charge in [0.05, 0.1) is 0 Å². The minimum Gasteiger partial charge on any atom is -0.0895 e. The standard InChI is InChI=1S/C8H10Cl2/c9-7-3-1-2-4-8(10)6-5-7/h3-4H,1-2,5-6H2/b7-3+,8-4+. The molecule has 0 fully saturated rings. The Hall–Kier alpha value is 0.0600. The molecule has 0 heterocycles. The quantitative estimate of drug-likeness (QED) is 0.527. The highest BCUT2D eigenvalue weighted by Crippen LogP contribution is 2.21. The summed E-state index contributed by atoms with van der Waals surface area (Å²) in [6, 6.07) is 0. The van der Waals surface area contributed by atoms with Crippen molar-refractivity contribution in [2.45, 2.75) is 25.7 Å². The van der Waals surface area contributed by atoms with Crippen molar-refractivity contribution in [3.63, 3.8) is 0 Å². The summed E-state index contributed by atoms with van der Waals surface area (Å²) >= 11 is 11.7. The van der Waals surface area contributed by atoms with Gasteiger partial charge in [0.1, 0.15) is 0 Å². The summed E-state index contributed by atoms with van der Waals surface area (Å²) < 4.78 is 0. The first kappa shape index (κ1) is 8.16. The van der Waals surface area contributed by atoms with Crippen LogP contribution in [0.1, 0.15) is 25.7 Å². The topological polar surface area (TPSA) is 0 Å². The molecule has 0 aromatic rings. The minimum atomic E-state index is 0.900. The largest absolute Gasteiger partial charge is 0.0895 e. The van der Waals surface area contributed by atoms with Crippen LogP contribution in [0.3, 0.4) is 0 Å². The highest BCUT2D eigenvalue weighted by molar-refractivity contribution is 6.31. The first-order valence-corrected chi connectivity index (χ1v) is 4.23. The van der Waals surface area contributed by atoms with Crippen LogP contribution < -0.4 is 0 Å². The van der Waals surface area contributed by atoms with Gasteiger partial charge in [-0.2, -0.15) is 0 Å². The molecule has 1 aliphatic carbocycles. The maximum absolute atomic E-state index is 5.83. The molecule has 0 amide bonds. The molecule has 2 heteroatoms. The summed E-state index contributed by atoms with van der Waals surface area (Å²) in [5.74, 6) is 0. The molecule has 0 saturated carbocycles. The molecule has 0 unspecified atom stereocenters. The van der Waals surface area contributed by atoms with Gasteiger partial charge in [-0.3, -0.25) is 0 Å². The van der Waals surface area contributed by atoms with Gasteiger partial charge in [-0.25, -0.2) is 0 Å². The Morgan fingerprint density at radius 1 is 0.900 bits per heavy atom. The molecule has 0 radical (unpaired) electrons. The molecule has 0 atom stereocenters. The Labute approximate surface area is 71.5 Å². The third-order valence-corrected chi connectivity index (χ3v) is 2.19. The highest BCUT2D eigenvalue weighted by atomic mass is 35.5. The first-order valence-electron chi connectivity index (χ1n) is 3.48. The summed E-state index contributed by atoms with van der Waals surface area (Å²) in [5.41, 5.74) is 0. The van der Waals surface area contributed by atoms with Crippen molar-refractivity contribution in [3.05, 3.63) is 22.2 Å². The van der Waals surface area contributed by atoms with Crippen LogP contribution in [0.4, 0.5) is 0 Å². The fourth-order valence-corrected chi connectivity index (χ4v) is 1.33. The predicted octanol–water partition coefficient (Wildman–Crippen LogP) is 3.81. The number of halogens is 2. The Kier molecular flexibility index (Phi) is 3.30. The molecule has 0 N–H and O–H groups in total. The lowest BCUT2D eigenvalue weighted by Gasteiger charge is -2.02. The van der Waals surface area contributed by atoms with Crippen LogP contribution in [0.15, 0.2) is 22.2 Å². The van der Waals surface area contributed by atoms with Crippen molar-refractivity contribution < 1.29 is 0 Å². The molecular weight excluding hydrogens is 167 g/mol. The van der Waals surface area contributed by atoms with Crippen LogP contribution in [0, 0.1) is 0 Å². The van der Waals surface area contributed by atoms with Gasteiger partial charge in [0.15, 0.2) is 0 Å². The number of hydrogen-bond donors (Lipinski definition) is 0. The molecule has 56 valence electrons. The third kappa shape index (κ3) is 2.76. The molecule has 0 saturated heterocycles. The Balaban J connectivity index is 2.49. The van der Waals surface area contributed by atoms with Crippen molar-refractivity contribution in [2.24, 2.45) is 0 Å². The van der Waals surface area contributed by atoms with E-state index in [1.54, 1.807) is 0 Å². The fraction of sp³-hybridized carbons (Fsp3) is 0.500. The number of allylic oxidation sites excluding steroid dienone is 4. The second-order valence-electron chi connectivity index (χ2n) is 2.38. The van der Waals surface area contributed by atoms with Crippen LogP contribution in [-0.4, -0.2) is 0 Å². The van der Waals surface area contributed by atoms with Crippen LogP contribution in [0.5, 0.6) is 0 Å². The van der Waals surface area contributed by atoms with Crippen molar-refractivity contribution in [1.82, 2.24) is 0 Å². The second kappa shape index (κ2) is 4.05. The number of hydrogen-bond acceptors (Lipinski definition) is 0. The molecule has 0 spiro atoms. The molecule has 1 rings (SSSR count). The van der Waals surface area contributed by atoms with Crippen molar-refractivity contribution in [1.29, 1.82) is 0 Å². The smallest absolute Gasteiger partial charge is 0.0144 e. The van der Waals surface area contributed by atoms with Gasteiger partial charge >= 0.3 is 0 Å². The normalized spacial score (nSPS) is 31.0. The maximum atomic E-state index is 5.83. The van der Waals surface area contributed by atoms with Crippen molar-refractivity contribution in [2.75, 3.05) is 0 Å². The van der Waals surface area contributed by atoms with Gasteiger partial charge < -0.3 is 0 Å². The lowest BCUT2D eigenvalue weighted by atomic mass is 10.1. The first-order chi connectivity index (χ1) is 4.79. The lowest BCUT2D eigenvalue weighted by molar-refractivity contribution is 0.936. The van der Waals surface area contributed by atoms with Gasteiger partial charge in [0.25, 0.3) is 0 Å². The zero-order valence-electron chi connectivity index (χ0n) is 5.74. The lowest BCUT2D eigenvalue weighted by Crippen LogP contribution is -1.82. The van der Waals surface area contributed by atoms with E-state index in [-0.39, 0.29) is 0 Å². The average molecular weight is 177 g/mol. The fourth-order valence-electron chi connectivity index (χ4n) is 0.923. The summed E-state index contributed by atoms with van der Waals surface area (Å²) in [6.45, 7) is 0. The van der Waals surface area contributed by atoms with Crippen LogP contribution >= 0.6 is 23.2 Å². The van der Waals surface area contributed by atoms with Crippen LogP contribution in [-0.2, 0) is 0 Å². The van der Waals surface area contributed by atoms with E-state index in [1.165, 1.54) is 0 Å². The average Bonchev–Trinajstić information content (AvgIpc) is 1.90. The molecule has 0 nitrogen and oxygen atoms in total. The third-order valence-electron chi connectivity index (χ3n) is 1.50. The minimum absolute atomic E-state index is 0.900.